The second kappa shape index (κ2) is 8.47. The molecule has 0 bridgehead atoms. The first-order valence-corrected chi connectivity index (χ1v) is 9.94. The van der Waals surface area contributed by atoms with Gasteiger partial charge in [0.2, 0.25) is 0 Å². The Bertz CT molecular complexity index is 972. The van der Waals surface area contributed by atoms with Crippen LogP contribution in [0.15, 0.2) is 47.5 Å². The molecule has 29 heavy (non-hydrogen) atoms. The number of sulfone groups is 1. The van der Waals surface area contributed by atoms with E-state index in [0.717, 1.165) is 26.4 Å². The van der Waals surface area contributed by atoms with Crippen LogP contribution in [-0.4, -0.2) is 45.5 Å². The van der Waals surface area contributed by atoms with Crippen molar-refractivity contribution < 1.29 is 35.9 Å². The smallest absolute Gasteiger partial charge is 0.342 e. The summed E-state index contributed by atoms with van der Waals surface area (Å²) in [6, 6.07) is 7.24. The molecular formula is C18H19F3N2O5S. The molecular weight excluding hydrogens is 413 g/mol. The summed E-state index contributed by atoms with van der Waals surface area (Å²) in [6.45, 7) is 1.43. The lowest BCUT2D eigenvalue weighted by atomic mass is 10.0. The number of hydrogen-bond donors (Lipinski definition) is 1. The highest BCUT2D eigenvalue weighted by molar-refractivity contribution is 7.91. The van der Waals surface area contributed by atoms with E-state index >= 15 is 0 Å². The number of pyridine rings is 1. The van der Waals surface area contributed by atoms with Crippen LogP contribution >= 0.6 is 0 Å². The van der Waals surface area contributed by atoms with E-state index in [9.17, 15) is 26.4 Å². The van der Waals surface area contributed by atoms with E-state index in [-0.39, 0.29) is 27.6 Å². The number of halogens is 3. The van der Waals surface area contributed by atoms with Crippen molar-refractivity contribution in [1.29, 1.82) is 0 Å². The van der Waals surface area contributed by atoms with Gasteiger partial charge in [-0.1, -0.05) is 19.1 Å². The Hall–Kier alpha value is -2.50. The summed E-state index contributed by atoms with van der Waals surface area (Å²) in [4.78, 5) is 16.1. The topological polar surface area (TPSA) is 94.6 Å². The zero-order chi connectivity index (χ0) is 21.9. The lowest BCUT2D eigenvalue weighted by molar-refractivity contribution is -0.376. The number of alkyl halides is 3. The van der Waals surface area contributed by atoms with Gasteiger partial charge in [0.1, 0.15) is 5.69 Å². The summed E-state index contributed by atoms with van der Waals surface area (Å²) in [7, 11) is -1.97. The van der Waals surface area contributed by atoms with Crippen molar-refractivity contribution in [2.24, 2.45) is 0 Å². The fourth-order valence-electron chi connectivity index (χ4n) is 2.64. The summed E-state index contributed by atoms with van der Waals surface area (Å²) in [6.07, 6.45) is -3.58. The Morgan fingerprint density at radius 3 is 2.17 bits per heavy atom. The maximum absolute atomic E-state index is 13.4. The van der Waals surface area contributed by atoms with Gasteiger partial charge in [0.05, 0.1) is 10.6 Å². The van der Waals surface area contributed by atoms with E-state index in [4.69, 9.17) is 0 Å². The third kappa shape index (κ3) is 4.41. The van der Waals surface area contributed by atoms with E-state index in [0.29, 0.717) is 0 Å². The van der Waals surface area contributed by atoms with Crippen LogP contribution in [0.5, 0.6) is 0 Å². The number of hydrogen-bond acceptors (Lipinski definition) is 6. The molecule has 1 amide bonds. The minimum absolute atomic E-state index is 0.132. The minimum Gasteiger partial charge on any atom is -0.342 e. The Kier molecular flexibility index (Phi) is 6.66. The molecule has 0 fully saturated rings. The molecule has 0 radical (unpaired) electrons. The van der Waals surface area contributed by atoms with Crippen LogP contribution in [0.3, 0.4) is 0 Å². The van der Waals surface area contributed by atoms with Crippen molar-refractivity contribution in [3.05, 3.63) is 53.9 Å². The van der Waals surface area contributed by atoms with Gasteiger partial charge in [-0.05, 0) is 24.3 Å². The normalized spacial score (nSPS) is 12.6. The van der Waals surface area contributed by atoms with Crippen LogP contribution in [0.2, 0.25) is 0 Å². The highest BCUT2D eigenvalue weighted by atomic mass is 32.2. The Balaban J connectivity index is 2.33. The van der Waals surface area contributed by atoms with Gasteiger partial charge < -0.3 is 14.8 Å². The Morgan fingerprint density at radius 1 is 1.10 bits per heavy atom. The van der Waals surface area contributed by atoms with E-state index in [1.807, 2.05) is 0 Å². The number of benzene rings is 1. The van der Waals surface area contributed by atoms with Crippen LogP contribution in [-0.2, 0) is 25.1 Å². The average Bonchev–Trinajstić information content (AvgIpc) is 2.69. The molecule has 0 atom stereocenters. The van der Waals surface area contributed by atoms with Gasteiger partial charge in [-0.3, -0.25) is 4.79 Å². The van der Waals surface area contributed by atoms with Gasteiger partial charge in [-0.2, -0.15) is 13.2 Å². The maximum atomic E-state index is 13.4. The van der Waals surface area contributed by atoms with E-state index in [1.165, 1.54) is 37.4 Å². The van der Waals surface area contributed by atoms with Crippen LogP contribution < -0.4 is 5.32 Å². The van der Waals surface area contributed by atoms with Gasteiger partial charge in [-0.15, -0.1) is 0 Å². The van der Waals surface area contributed by atoms with Crippen molar-refractivity contribution in [1.82, 2.24) is 4.98 Å². The summed E-state index contributed by atoms with van der Waals surface area (Å²) in [5.41, 5.74) is -0.510. The van der Waals surface area contributed by atoms with Crippen molar-refractivity contribution in [2.45, 2.75) is 23.8 Å². The lowest BCUT2D eigenvalue weighted by Gasteiger charge is -2.33. The number of ether oxygens (including phenoxy) is 2. The van der Waals surface area contributed by atoms with Crippen LogP contribution in [0.4, 0.5) is 18.9 Å². The number of nitrogens with zero attached hydrogens (tertiary/aromatic N) is 1. The molecule has 0 saturated heterocycles. The lowest BCUT2D eigenvalue weighted by Crippen LogP contribution is -2.45. The van der Waals surface area contributed by atoms with Crippen molar-refractivity contribution in [3.63, 3.8) is 0 Å². The quantitative estimate of drug-likeness (QED) is 0.676. The van der Waals surface area contributed by atoms with Crippen molar-refractivity contribution in [2.75, 3.05) is 25.3 Å². The first kappa shape index (κ1) is 22.8. The van der Waals surface area contributed by atoms with Gasteiger partial charge in [0, 0.05) is 31.7 Å². The number of anilines is 1. The van der Waals surface area contributed by atoms with Crippen LogP contribution in [0, 0.1) is 0 Å². The molecule has 158 valence electrons. The molecule has 0 aliphatic carbocycles. The molecule has 1 aromatic heterocycles. The van der Waals surface area contributed by atoms with Gasteiger partial charge in [0.25, 0.3) is 11.7 Å². The van der Waals surface area contributed by atoms with E-state index < -0.39 is 27.7 Å². The zero-order valence-electron chi connectivity index (χ0n) is 15.8. The van der Waals surface area contributed by atoms with Gasteiger partial charge >= 0.3 is 6.18 Å². The molecule has 1 aromatic carbocycles. The molecule has 0 saturated carbocycles. The van der Waals surface area contributed by atoms with E-state index in [2.05, 4.69) is 19.8 Å². The second-order valence-corrected chi connectivity index (χ2v) is 8.05. The molecule has 1 heterocycles. The summed E-state index contributed by atoms with van der Waals surface area (Å²) in [5, 5.41) is 2.42. The van der Waals surface area contributed by atoms with Crippen LogP contribution in [0.1, 0.15) is 23.0 Å². The minimum atomic E-state index is -4.85. The number of carbonyl (C=O) groups excluding carboxylic acids is 1. The Labute approximate surface area is 165 Å². The zero-order valence-corrected chi connectivity index (χ0v) is 16.6. The van der Waals surface area contributed by atoms with Crippen molar-refractivity contribution in [3.8, 4) is 0 Å². The molecule has 0 aliphatic rings. The van der Waals surface area contributed by atoms with Gasteiger partial charge in [0.15, 0.2) is 9.84 Å². The number of rotatable bonds is 7. The number of nitrogens with one attached hydrogen (secondary N) is 1. The molecule has 11 heteroatoms. The molecule has 0 aliphatic heterocycles. The predicted octanol–water partition coefficient (Wildman–Crippen LogP) is 3.14. The monoisotopic (exact) mass is 432 g/mol. The number of aromatic nitrogens is 1. The molecule has 0 unspecified atom stereocenters. The highest BCUT2D eigenvalue weighted by Gasteiger charge is 2.58. The first-order chi connectivity index (χ1) is 13.5. The number of amides is 1. The largest absolute Gasteiger partial charge is 0.448 e. The molecule has 0 spiro atoms. The third-order valence-electron chi connectivity index (χ3n) is 4.17. The van der Waals surface area contributed by atoms with Gasteiger partial charge in [-0.25, -0.2) is 13.4 Å². The number of carbonyl (C=O) groups is 1. The summed E-state index contributed by atoms with van der Waals surface area (Å²) < 4.78 is 73.6. The van der Waals surface area contributed by atoms with Crippen molar-refractivity contribution >= 4 is 21.4 Å². The van der Waals surface area contributed by atoms with Crippen LogP contribution in [0.25, 0.3) is 0 Å². The standard InChI is InChI=1S/C18H19F3N2O5S/c1-4-29(25,26)14-6-5-11-22-15(14)16(24)23-13-9-7-12(8-10-13)17(27-2,28-3)18(19,20)21/h5-11H,4H2,1-3H3,(H,23,24). The molecule has 2 rings (SSSR count). The fourth-order valence-corrected chi connectivity index (χ4v) is 3.68. The summed E-state index contributed by atoms with van der Waals surface area (Å²) in [5.74, 6) is -3.99. The highest BCUT2D eigenvalue weighted by Crippen LogP contribution is 2.42. The molecule has 7 nitrogen and oxygen atoms in total. The molecule has 1 N–H and O–H groups in total. The third-order valence-corrected chi connectivity index (χ3v) is 5.93. The predicted molar refractivity (Wildman–Crippen MR) is 98.1 cm³/mol. The Morgan fingerprint density at radius 2 is 1.69 bits per heavy atom. The summed E-state index contributed by atoms with van der Waals surface area (Å²) >= 11 is 0. The molecule has 2 aromatic rings. The average molecular weight is 432 g/mol. The first-order valence-electron chi connectivity index (χ1n) is 8.29. The number of methoxy groups -OCH3 is 2. The fraction of sp³-hybridized carbons (Fsp3) is 0.333. The SMILES string of the molecule is CCS(=O)(=O)c1cccnc1C(=O)Nc1ccc(C(OC)(OC)C(F)(F)F)cc1. The maximum Gasteiger partial charge on any atom is 0.448 e. The second-order valence-electron chi connectivity index (χ2n) is 5.81. The van der Waals surface area contributed by atoms with E-state index in [1.54, 1.807) is 0 Å².